The van der Waals surface area contributed by atoms with E-state index < -0.39 is 12.7 Å². The van der Waals surface area contributed by atoms with Crippen LogP contribution in [0.25, 0.3) is 0 Å². The number of fused-ring (bicyclic) bond motifs is 2. The fourth-order valence-corrected chi connectivity index (χ4v) is 5.53. The highest BCUT2D eigenvalue weighted by molar-refractivity contribution is 5.92. The number of benzene rings is 1. The van der Waals surface area contributed by atoms with Crippen molar-refractivity contribution in [3.05, 3.63) is 35.4 Å². The average molecular weight is 446 g/mol. The number of primary amides is 1. The van der Waals surface area contributed by atoms with E-state index in [1.807, 2.05) is 12.1 Å². The molecule has 0 spiro atoms. The van der Waals surface area contributed by atoms with Crippen LogP contribution in [0.2, 0.25) is 0 Å². The minimum atomic E-state index is -1.34. The van der Waals surface area contributed by atoms with Gasteiger partial charge < -0.3 is 20.8 Å². The van der Waals surface area contributed by atoms with Gasteiger partial charge in [0, 0.05) is 37.3 Å². The summed E-state index contributed by atoms with van der Waals surface area (Å²) < 4.78 is 0. The van der Waals surface area contributed by atoms with Gasteiger partial charge in [-0.2, -0.15) is 0 Å². The van der Waals surface area contributed by atoms with Crippen LogP contribution < -0.4 is 5.73 Å². The van der Waals surface area contributed by atoms with Crippen molar-refractivity contribution in [1.82, 2.24) is 9.80 Å². The number of piperidine rings is 1. The SMILES string of the molecule is CCC(CC)CN(CCN1[C@@H]2CC[C@H]1CC(c1cccc(C(N)=O)c1)C2)C(=O)[C@H](O)CO. The Kier molecular flexibility index (Phi) is 8.68. The van der Waals surface area contributed by atoms with Crippen molar-refractivity contribution in [3.63, 3.8) is 0 Å². The predicted octanol–water partition coefficient (Wildman–Crippen LogP) is 2.11. The average Bonchev–Trinajstić information content (AvgIpc) is 3.04. The van der Waals surface area contributed by atoms with E-state index in [2.05, 4.69) is 24.8 Å². The molecule has 7 heteroatoms. The third-order valence-electron chi connectivity index (χ3n) is 7.56. The number of hydrogen-bond donors (Lipinski definition) is 3. The zero-order valence-corrected chi connectivity index (χ0v) is 19.4. The summed E-state index contributed by atoms with van der Waals surface area (Å²) in [6, 6.07) is 8.64. The van der Waals surface area contributed by atoms with E-state index in [1.54, 1.807) is 11.0 Å². The molecule has 0 aliphatic carbocycles. The van der Waals surface area contributed by atoms with Crippen LogP contribution in [0, 0.1) is 5.92 Å². The van der Waals surface area contributed by atoms with E-state index in [0.29, 0.717) is 42.6 Å². The Morgan fingerprint density at radius 1 is 1.19 bits per heavy atom. The summed E-state index contributed by atoms with van der Waals surface area (Å²) in [6.45, 7) is 5.68. The number of aliphatic hydroxyl groups excluding tert-OH is 2. The van der Waals surface area contributed by atoms with Gasteiger partial charge in [0.2, 0.25) is 5.91 Å². The lowest BCUT2D eigenvalue weighted by Crippen LogP contribution is -2.50. The fourth-order valence-electron chi connectivity index (χ4n) is 5.53. The summed E-state index contributed by atoms with van der Waals surface area (Å²) in [5.41, 5.74) is 7.22. The lowest BCUT2D eigenvalue weighted by molar-refractivity contribution is -0.143. The summed E-state index contributed by atoms with van der Waals surface area (Å²) in [5.74, 6) is 0.0517. The molecule has 1 aromatic carbocycles. The lowest BCUT2D eigenvalue weighted by atomic mass is 9.84. The molecule has 178 valence electrons. The van der Waals surface area contributed by atoms with Gasteiger partial charge in [-0.1, -0.05) is 38.8 Å². The van der Waals surface area contributed by atoms with Crippen molar-refractivity contribution in [2.24, 2.45) is 11.7 Å². The first-order valence-corrected chi connectivity index (χ1v) is 12.1. The lowest BCUT2D eigenvalue weighted by Gasteiger charge is -2.40. The van der Waals surface area contributed by atoms with Gasteiger partial charge in [-0.25, -0.2) is 0 Å². The molecule has 2 aliphatic heterocycles. The second-order valence-corrected chi connectivity index (χ2v) is 9.45. The molecule has 7 nitrogen and oxygen atoms in total. The molecule has 2 amide bonds. The largest absolute Gasteiger partial charge is 0.393 e. The summed E-state index contributed by atoms with van der Waals surface area (Å²) in [6.07, 6.45) is 5.00. The quantitative estimate of drug-likeness (QED) is 0.484. The van der Waals surface area contributed by atoms with Gasteiger partial charge >= 0.3 is 0 Å². The second-order valence-electron chi connectivity index (χ2n) is 9.45. The van der Waals surface area contributed by atoms with Crippen LogP contribution in [0.15, 0.2) is 24.3 Å². The molecule has 4 atom stereocenters. The van der Waals surface area contributed by atoms with Crippen LogP contribution in [0.4, 0.5) is 0 Å². The normalized spacial score (nSPS) is 24.0. The van der Waals surface area contributed by atoms with Gasteiger partial charge in [0.25, 0.3) is 5.91 Å². The summed E-state index contributed by atoms with van der Waals surface area (Å²) in [4.78, 5) is 28.5. The van der Waals surface area contributed by atoms with Crippen LogP contribution in [0.3, 0.4) is 0 Å². The highest BCUT2D eigenvalue weighted by Gasteiger charge is 2.41. The van der Waals surface area contributed by atoms with Gasteiger partial charge in [-0.15, -0.1) is 0 Å². The van der Waals surface area contributed by atoms with E-state index >= 15 is 0 Å². The smallest absolute Gasteiger partial charge is 0.253 e. The first-order chi connectivity index (χ1) is 15.4. The molecule has 2 heterocycles. The molecule has 2 bridgehead atoms. The fraction of sp³-hybridized carbons (Fsp3) is 0.680. The number of aliphatic hydroxyl groups is 2. The topological polar surface area (TPSA) is 107 Å². The van der Waals surface area contributed by atoms with Crippen LogP contribution in [-0.4, -0.2) is 76.3 Å². The number of amides is 2. The van der Waals surface area contributed by atoms with Crippen molar-refractivity contribution in [1.29, 1.82) is 0 Å². The Morgan fingerprint density at radius 3 is 2.41 bits per heavy atom. The zero-order chi connectivity index (χ0) is 23.3. The third kappa shape index (κ3) is 5.69. The van der Waals surface area contributed by atoms with E-state index in [-0.39, 0.29) is 11.8 Å². The summed E-state index contributed by atoms with van der Waals surface area (Å²) in [7, 11) is 0. The number of nitrogens with zero attached hydrogens (tertiary/aromatic N) is 2. The highest BCUT2D eigenvalue weighted by atomic mass is 16.3. The molecule has 2 fully saturated rings. The Balaban J connectivity index is 1.64. The van der Waals surface area contributed by atoms with Crippen molar-refractivity contribution in [3.8, 4) is 0 Å². The highest BCUT2D eigenvalue weighted by Crippen LogP contribution is 2.43. The molecule has 2 aliphatic rings. The van der Waals surface area contributed by atoms with Gasteiger partial charge in [-0.3, -0.25) is 14.5 Å². The molecule has 4 N–H and O–H groups in total. The molecule has 0 aromatic heterocycles. The maximum Gasteiger partial charge on any atom is 0.253 e. The molecular formula is C25H39N3O4. The number of carbonyl (C=O) groups is 2. The number of carbonyl (C=O) groups excluding carboxylic acids is 2. The Morgan fingerprint density at radius 2 is 1.84 bits per heavy atom. The molecule has 0 saturated carbocycles. The number of rotatable bonds is 11. The maximum absolute atomic E-state index is 12.7. The van der Waals surface area contributed by atoms with Gasteiger partial charge in [-0.05, 0) is 55.2 Å². The van der Waals surface area contributed by atoms with Crippen LogP contribution in [0.5, 0.6) is 0 Å². The minimum absolute atomic E-state index is 0.370. The first kappa shape index (κ1) is 24.7. The van der Waals surface area contributed by atoms with Crippen LogP contribution in [0.1, 0.15) is 74.2 Å². The van der Waals surface area contributed by atoms with Gasteiger partial charge in [0.1, 0.15) is 0 Å². The maximum atomic E-state index is 12.7. The Hall–Kier alpha value is -1.96. The molecule has 3 rings (SSSR count). The molecule has 1 aromatic rings. The van der Waals surface area contributed by atoms with Crippen molar-refractivity contribution in [2.75, 3.05) is 26.2 Å². The van der Waals surface area contributed by atoms with E-state index in [1.165, 1.54) is 5.56 Å². The molecule has 0 radical (unpaired) electrons. The van der Waals surface area contributed by atoms with E-state index in [0.717, 1.165) is 45.1 Å². The summed E-state index contributed by atoms with van der Waals surface area (Å²) in [5, 5.41) is 19.2. The van der Waals surface area contributed by atoms with E-state index in [4.69, 9.17) is 5.73 Å². The Bertz CT molecular complexity index is 768. The summed E-state index contributed by atoms with van der Waals surface area (Å²) >= 11 is 0. The molecular weight excluding hydrogens is 406 g/mol. The first-order valence-electron chi connectivity index (χ1n) is 12.1. The van der Waals surface area contributed by atoms with Gasteiger partial charge in [0.15, 0.2) is 6.10 Å². The molecule has 32 heavy (non-hydrogen) atoms. The molecule has 2 saturated heterocycles. The van der Waals surface area contributed by atoms with Crippen molar-refractivity contribution in [2.45, 2.75) is 76.5 Å². The Labute approximate surface area is 191 Å². The van der Waals surface area contributed by atoms with Crippen LogP contribution in [-0.2, 0) is 4.79 Å². The zero-order valence-electron chi connectivity index (χ0n) is 19.4. The van der Waals surface area contributed by atoms with Crippen molar-refractivity contribution < 1.29 is 19.8 Å². The third-order valence-corrected chi connectivity index (χ3v) is 7.56. The predicted molar refractivity (Wildman–Crippen MR) is 124 cm³/mol. The second kappa shape index (κ2) is 11.3. The van der Waals surface area contributed by atoms with Crippen molar-refractivity contribution >= 4 is 11.8 Å². The monoisotopic (exact) mass is 445 g/mol. The number of nitrogens with two attached hydrogens (primary N) is 1. The standard InChI is InChI=1S/C25H39N3O4/c1-3-17(4-2)15-27(25(32)23(30)16-29)10-11-28-21-8-9-22(28)14-20(13-21)18-6-5-7-19(12-18)24(26)31/h5-7,12,17,20-23,29-30H,3-4,8-11,13-16H2,1-2H3,(H2,26,31)/t20?,21-,22+,23-/m1/s1. The van der Waals surface area contributed by atoms with E-state index in [9.17, 15) is 19.8 Å². The van der Waals surface area contributed by atoms with Crippen LogP contribution >= 0.6 is 0 Å². The minimum Gasteiger partial charge on any atom is -0.393 e. The number of hydrogen-bond acceptors (Lipinski definition) is 5. The van der Waals surface area contributed by atoms with Gasteiger partial charge in [0.05, 0.1) is 6.61 Å². The molecule has 1 unspecified atom stereocenters.